The largest absolute Gasteiger partial charge is 0.496 e. The molecule has 3 aromatic rings. The van der Waals surface area contributed by atoms with Crippen molar-refractivity contribution in [3.05, 3.63) is 59.0 Å². The molecule has 2 heterocycles. The number of H-pyrrole nitrogens is 1. The van der Waals surface area contributed by atoms with Crippen LogP contribution in [0.2, 0.25) is 0 Å². The number of nitrogens with one attached hydrogen (secondary N) is 2. The molecule has 8 nitrogen and oxygen atoms in total. The number of aryl methyl sites for hydroxylation is 2. The standard InChI is InChI=1S/C17H19N5O3/c1-10-8-12(21-20-10)9-15(23)19-16(17-18-11(2)25-22-17)13-6-4-5-7-14(13)24-3/h4-8,16H,9H2,1-3H3,(H,19,23)(H,20,21). The highest BCUT2D eigenvalue weighted by Crippen LogP contribution is 2.28. The van der Waals surface area contributed by atoms with Gasteiger partial charge >= 0.3 is 0 Å². The molecule has 0 saturated carbocycles. The molecular weight excluding hydrogens is 322 g/mol. The molecule has 0 radical (unpaired) electrons. The van der Waals surface area contributed by atoms with Crippen molar-refractivity contribution < 1.29 is 14.1 Å². The molecule has 0 bridgehead atoms. The Hall–Kier alpha value is -3.16. The van der Waals surface area contributed by atoms with Gasteiger partial charge in [-0.1, -0.05) is 23.4 Å². The molecule has 25 heavy (non-hydrogen) atoms. The van der Waals surface area contributed by atoms with Crippen LogP contribution in [-0.4, -0.2) is 33.4 Å². The van der Waals surface area contributed by atoms with Crippen LogP contribution in [-0.2, 0) is 11.2 Å². The van der Waals surface area contributed by atoms with Crippen LogP contribution in [0.25, 0.3) is 0 Å². The summed E-state index contributed by atoms with van der Waals surface area (Å²) in [6, 6.07) is 8.64. The first kappa shape index (κ1) is 16.7. The summed E-state index contributed by atoms with van der Waals surface area (Å²) in [5.74, 6) is 1.22. The molecule has 1 amide bonds. The molecule has 1 atom stereocenters. The highest BCUT2D eigenvalue weighted by molar-refractivity contribution is 5.79. The van der Waals surface area contributed by atoms with E-state index in [0.29, 0.717) is 23.2 Å². The Kier molecular flexibility index (Phi) is 4.78. The molecule has 1 unspecified atom stereocenters. The third-order valence-electron chi connectivity index (χ3n) is 3.66. The lowest BCUT2D eigenvalue weighted by molar-refractivity contribution is -0.121. The van der Waals surface area contributed by atoms with Crippen LogP contribution in [0, 0.1) is 13.8 Å². The number of amides is 1. The van der Waals surface area contributed by atoms with Gasteiger partial charge in [0.05, 0.1) is 19.2 Å². The Morgan fingerprint density at radius 3 is 2.80 bits per heavy atom. The van der Waals surface area contributed by atoms with Gasteiger partial charge in [0, 0.05) is 18.2 Å². The Morgan fingerprint density at radius 2 is 2.16 bits per heavy atom. The summed E-state index contributed by atoms with van der Waals surface area (Å²) in [5.41, 5.74) is 2.31. The number of carbonyl (C=O) groups excluding carboxylic acids is 1. The van der Waals surface area contributed by atoms with E-state index >= 15 is 0 Å². The van der Waals surface area contributed by atoms with Crippen molar-refractivity contribution in [2.75, 3.05) is 7.11 Å². The summed E-state index contributed by atoms with van der Waals surface area (Å²) < 4.78 is 10.5. The fourth-order valence-electron chi connectivity index (χ4n) is 2.56. The minimum absolute atomic E-state index is 0.146. The lowest BCUT2D eigenvalue weighted by Gasteiger charge is -2.18. The van der Waals surface area contributed by atoms with E-state index in [0.717, 1.165) is 11.3 Å². The summed E-state index contributed by atoms with van der Waals surface area (Å²) in [7, 11) is 1.58. The van der Waals surface area contributed by atoms with Crippen LogP contribution in [0.15, 0.2) is 34.9 Å². The quantitative estimate of drug-likeness (QED) is 0.709. The van der Waals surface area contributed by atoms with Gasteiger partial charge in [-0.3, -0.25) is 9.89 Å². The zero-order chi connectivity index (χ0) is 17.8. The maximum Gasteiger partial charge on any atom is 0.226 e. The zero-order valence-corrected chi connectivity index (χ0v) is 14.2. The van der Waals surface area contributed by atoms with Crippen molar-refractivity contribution in [1.82, 2.24) is 25.7 Å². The number of carbonyl (C=O) groups is 1. The van der Waals surface area contributed by atoms with Gasteiger partial charge in [-0.05, 0) is 19.1 Å². The third kappa shape index (κ3) is 3.85. The third-order valence-corrected chi connectivity index (χ3v) is 3.66. The van der Waals surface area contributed by atoms with E-state index in [1.54, 1.807) is 14.0 Å². The van der Waals surface area contributed by atoms with E-state index in [9.17, 15) is 4.79 Å². The minimum Gasteiger partial charge on any atom is -0.496 e. The van der Waals surface area contributed by atoms with Crippen LogP contribution >= 0.6 is 0 Å². The van der Waals surface area contributed by atoms with Gasteiger partial charge in [0.25, 0.3) is 0 Å². The molecule has 8 heteroatoms. The summed E-state index contributed by atoms with van der Waals surface area (Å²) in [5, 5.41) is 13.8. The zero-order valence-electron chi connectivity index (χ0n) is 14.2. The Morgan fingerprint density at radius 1 is 1.36 bits per heavy atom. The van der Waals surface area contributed by atoms with Crippen molar-refractivity contribution in [3.8, 4) is 5.75 Å². The highest BCUT2D eigenvalue weighted by atomic mass is 16.5. The number of benzene rings is 1. The van der Waals surface area contributed by atoms with Crippen molar-refractivity contribution in [1.29, 1.82) is 0 Å². The number of hydrogen-bond acceptors (Lipinski definition) is 6. The monoisotopic (exact) mass is 341 g/mol. The molecular formula is C17H19N5O3. The highest BCUT2D eigenvalue weighted by Gasteiger charge is 2.25. The van der Waals surface area contributed by atoms with E-state index in [1.165, 1.54) is 0 Å². The molecule has 0 saturated heterocycles. The van der Waals surface area contributed by atoms with Gasteiger partial charge in [0.15, 0.2) is 5.82 Å². The normalized spacial score (nSPS) is 12.0. The van der Waals surface area contributed by atoms with Crippen LogP contribution in [0.5, 0.6) is 5.75 Å². The van der Waals surface area contributed by atoms with Crippen LogP contribution in [0.3, 0.4) is 0 Å². The molecule has 0 aliphatic heterocycles. The molecule has 0 fully saturated rings. The average Bonchev–Trinajstić information content (AvgIpc) is 3.21. The molecule has 1 aromatic carbocycles. The first-order valence-corrected chi connectivity index (χ1v) is 7.80. The number of ether oxygens (including phenoxy) is 1. The number of para-hydroxylation sites is 1. The SMILES string of the molecule is COc1ccccc1C(NC(=O)Cc1cc(C)[nH]n1)c1noc(C)n1. The molecule has 3 rings (SSSR count). The lowest BCUT2D eigenvalue weighted by atomic mass is 10.0. The van der Waals surface area contributed by atoms with Gasteiger partial charge in [-0.2, -0.15) is 10.1 Å². The second-order valence-electron chi connectivity index (χ2n) is 5.63. The molecule has 0 aliphatic rings. The van der Waals surface area contributed by atoms with E-state index in [-0.39, 0.29) is 12.3 Å². The van der Waals surface area contributed by atoms with Crippen LogP contribution in [0.4, 0.5) is 0 Å². The van der Waals surface area contributed by atoms with E-state index in [1.807, 2.05) is 37.3 Å². The fraction of sp³-hybridized carbons (Fsp3) is 0.294. The number of hydrogen-bond donors (Lipinski definition) is 2. The number of methoxy groups -OCH3 is 1. The second kappa shape index (κ2) is 7.16. The maximum absolute atomic E-state index is 12.5. The number of nitrogens with zero attached hydrogens (tertiary/aromatic N) is 3. The van der Waals surface area contributed by atoms with Crippen LogP contribution in [0.1, 0.15) is 34.7 Å². The van der Waals surface area contributed by atoms with Crippen molar-refractivity contribution in [3.63, 3.8) is 0 Å². The fourth-order valence-corrected chi connectivity index (χ4v) is 2.56. The van der Waals surface area contributed by atoms with Crippen LogP contribution < -0.4 is 10.1 Å². The number of rotatable bonds is 6. The number of aromatic amines is 1. The van der Waals surface area contributed by atoms with Gasteiger partial charge in [-0.25, -0.2) is 0 Å². The second-order valence-corrected chi connectivity index (χ2v) is 5.63. The predicted octanol–water partition coefficient (Wildman–Crippen LogP) is 1.87. The van der Waals surface area contributed by atoms with Gasteiger partial charge in [-0.15, -0.1) is 0 Å². The number of aromatic nitrogens is 4. The molecule has 2 N–H and O–H groups in total. The summed E-state index contributed by atoms with van der Waals surface area (Å²) >= 11 is 0. The first-order chi connectivity index (χ1) is 12.1. The van der Waals surface area contributed by atoms with Crippen molar-refractivity contribution in [2.24, 2.45) is 0 Å². The lowest BCUT2D eigenvalue weighted by Crippen LogP contribution is -2.31. The average molecular weight is 341 g/mol. The minimum atomic E-state index is -0.582. The molecule has 0 spiro atoms. The van der Waals surface area contributed by atoms with E-state index in [2.05, 4.69) is 25.7 Å². The van der Waals surface area contributed by atoms with Crippen molar-refractivity contribution in [2.45, 2.75) is 26.3 Å². The Bertz CT molecular complexity index is 871. The summed E-state index contributed by atoms with van der Waals surface area (Å²) in [6.45, 7) is 3.58. The summed E-state index contributed by atoms with van der Waals surface area (Å²) in [6.07, 6.45) is 0.146. The van der Waals surface area contributed by atoms with Gasteiger partial charge in [0.1, 0.15) is 11.8 Å². The van der Waals surface area contributed by atoms with E-state index in [4.69, 9.17) is 9.26 Å². The van der Waals surface area contributed by atoms with Gasteiger partial charge in [0.2, 0.25) is 11.8 Å². The smallest absolute Gasteiger partial charge is 0.226 e. The Labute approximate surface area is 144 Å². The molecule has 2 aromatic heterocycles. The Balaban J connectivity index is 1.87. The van der Waals surface area contributed by atoms with Crippen molar-refractivity contribution >= 4 is 5.91 Å². The predicted molar refractivity (Wildman–Crippen MR) is 89.0 cm³/mol. The molecule has 130 valence electrons. The maximum atomic E-state index is 12.5. The summed E-state index contributed by atoms with van der Waals surface area (Å²) in [4.78, 5) is 16.8. The van der Waals surface area contributed by atoms with Gasteiger partial charge < -0.3 is 14.6 Å². The topological polar surface area (TPSA) is 106 Å². The molecule has 0 aliphatic carbocycles. The van der Waals surface area contributed by atoms with E-state index < -0.39 is 6.04 Å². The first-order valence-electron chi connectivity index (χ1n) is 7.80.